The summed E-state index contributed by atoms with van der Waals surface area (Å²) >= 11 is 1.16. The molecule has 7 nitrogen and oxygen atoms in total. The predicted molar refractivity (Wildman–Crippen MR) is 95.4 cm³/mol. The van der Waals surface area contributed by atoms with Gasteiger partial charge < -0.3 is 10.5 Å². The fourth-order valence-electron chi connectivity index (χ4n) is 2.30. The van der Waals surface area contributed by atoms with Gasteiger partial charge in [0.25, 0.3) is 11.5 Å². The topological polar surface area (TPSA) is 100 Å². The lowest BCUT2D eigenvalue weighted by molar-refractivity contribution is 0.1000. The molecule has 2 heterocycles. The van der Waals surface area contributed by atoms with Crippen LogP contribution in [-0.4, -0.2) is 34.4 Å². The lowest BCUT2D eigenvalue weighted by atomic mass is 10.1. The molecule has 2 aromatic heterocycles. The molecule has 128 valence electrons. The zero-order chi connectivity index (χ0) is 17.8. The van der Waals surface area contributed by atoms with E-state index in [0.717, 1.165) is 16.9 Å². The Morgan fingerprint density at radius 1 is 1.24 bits per heavy atom. The largest absolute Gasteiger partial charge is 0.383 e. The third kappa shape index (κ3) is 3.65. The molecule has 3 aromatic rings. The Hall–Kier alpha value is -2.84. The van der Waals surface area contributed by atoms with E-state index in [1.807, 2.05) is 30.3 Å². The summed E-state index contributed by atoms with van der Waals surface area (Å²) in [7, 11) is 1.56. The molecule has 2 N–H and O–H groups in total. The number of nitrogens with zero attached hydrogens (tertiary/aromatic N) is 3. The second-order valence-electron chi connectivity index (χ2n) is 5.20. The third-order valence-electron chi connectivity index (χ3n) is 3.49. The molecule has 0 unspecified atom stereocenters. The van der Waals surface area contributed by atoms with E-state index >= 15 is 0 Å². The van der Waals surface area contributed by atoms with Crippen molar-refractivity contribution in [1.29, 1.82) is 0 Å². The number of thiazole rings is 1. The average molecular weight is 356 g/mol. The molecule has 1 amide bonds. The highest BCUT2D eigenvalue weighted by Crippen LogP contribution is 2.35. The summed E-state index contributed by atoms with van der Waals surface area (Å²) in [6, 6.07) is 12.5. The third-order valence-corrected chi connectivity index (χ3v) is 4.58. The number of hydrogen-bond donors (Lipinski definition) is 1. The first-order valence-electron chi connectivity index (χ1n) is 7.53. The smallest absolute Gasteiger partial charge is 0.277 e. The van der Waals surface area contributed by atoms with Gasteiger partial charge in [0.15, 0.2) is 5.01 Å². The van der Waals surface area contributed by atoms with Crippen LogP contribution in [0.3, 0.4) is 0 Å². The van der Waals surface area contributed by atoms with E-state index < -0.39 is 5.91 Å². The lowest BCUT2D eigenvalue weighted by Gasteiger charge is -2.06. The van der Waals surface area contributed by atoms with Crippen molar-refractivity contribution in [3.8, 4) is 21.8 Å². The van der Waals surface area contributed by atoms with Crippen LogP contribution in [0.25, 0.3) is 21.8 Å². The molecule has 0 radical (unpaired) electrons. The van der Waals surface area contributed by atoms with Gasteiger partial charge in [0.05, 0.1) is 23.7 Å². The van der Waals surface area contributed by atoms with Gasteiger partial charge in [-0.25, -0.2) is 9.67 Å². The van der Waals surface area contributed by atoms with Gasteiger partial charge in [-0.05, 0) is 6.07 Å². The number of ether oxygens (including phenoxy) is 1. The van der Waals surface area contributed by atoms with Crippen LogP contribution in [0.4, 0.5) is 0 Å². The highest BCUT2D eigenvalue weighted by atomic mass is 32.1. The molecule has 0 aliphatic heterocycles. The Morgan fingerprint density at radius 3 is 2.68 bits per heavy atom. The molecule has 25 heavy (non-hydrogen) atoms. The molecular formula is C17H16N4O3S. The first-order valence-corrected chi connectivity index (χ1v) is 8.35. The summed E-state index contributed by atoms with van der Waals surface area (Å²) in [5.41, 5.74) is 7.18. The van der Waals surface area contributed by atoms with Gasteiger partial charge in [-0.2, -0.15) is 5.10 Å². The Balaban J connectivity index is 2.13. The highest BCUT2D eigenvalue weighted by Gasteiger charge is 2.19. The molecule has 1 aromatic carbocycles. The van der Waals surface area contributed by atoms with Crippen molar-refractivity contribution in [3.05, 3.63) is 57.8 Å². The van der Waals surface area contributed by atoms with E-state index in [9.17, 15) is 9.59 Å². The summed E-state index contributed by atoms with van der Waals surface area (Å²) in [5, 5.41) is 4.58. The number of amides is 1. The molecule has 0 saturated heterocycles. The van der Waals surface area contributed by atoms with Gasteiger partial charge in [-0.15, -0.1) is 11.3 Å². The molecule has 0 spiro atoms. The average Bonchev–Trinajstić information content (AvgIpc) is 3.07. The van der Waals surface area contributed by atoms with E-state index in [0.29, 0.717) is 29.4 Å². The highest BCUT2D eigenvalue weighted by molar-refractivity contribution is 7.17. The van der Waals surface area contributed by atoms with Crippen molar-refractivity contribution in [2.24, 2.45) is 5.73 Å². The fraction of sp³-hybridized carbons (Fsp3) is 0.176. The summed E-state index contributed by atoms with van der Waals surface area (Å²) in [6.07, 6.45) is 0. The van der Waals surface area contributed by atoms with Gasteiger partial charge >= 0.3 is 0 Å². The molecule has 0 bridgehead atoms. The monoisotopic (exact) mass is 356 g/mol. The number of rotatable bonds is 6. The molecule has 0 fully saturated rings. The standard InChI is InChI=1S/C17H16N4O3S/c1-24-10-9-21-13(22)8-7-12(20-21)15-14(11-5-3-2-4-6-11)19-17(25-15)16(18)23/h2-8H,9-10H2,1H3,(H2,18,23). The number of benzene rings is 1. The van der Waals surface area contributed by atoms with Gasteiger partial charge in [0, 0.05) is 18.7 Å². The minimum Gasteiger partial charge on any atom is -0.383 e. The van der Waals surface area contributed by atoms with Crippen LogP contribution in [0.15, 0.2) is 47.3 Å². The number of aromatic nitrogens is 3. The maximum Gasteiger partial charge on any atom is 0.277 e. The Labute approximate surface area is 147 Å². The van der Waals surface area contributed by atoms with Crippen LogP contribution in [0, 0.1) is 0 Å². The number of nitrogens with two attached hydrogens (primary N) is 1. The Kier molecular flexibility index (Phi) is 5.01. The van der Waals surface area contributed by atoms with E-state index in [-0.39, 0.29) is 10.6 Å². The van der Waals surface area contributed by atoms with Gasteiger partial charge in [-0.3, -0.25) is 9.59 Å². The van der Waals surface area contributed by atoms with Gasteiger partial charge in [0.1, 0.15) is 5.69 Å². The van der Waals surface area contributed by atoms with Crippen molar-refractivity contribution >= 4 is 17.2 Å². The van der Waals surface area contributed by atoms with Crippen molar-refractivity contribution < 1.29 is 9.53 Å². The molecular weight excluding hydrogens is 340 g/mol. The van der Waals surface area contributed by atoms with Crippen molar-refractivity contribution in [3.63, 3.8) is 0 Å². The number of hydrogen-bond acceptors (Lipinski definition) is 6. The van der Waals surface area contributed by atoms with Crippen LogP contribution in [-0.2, 0) is 11.3 Å². The van der Waals surface area contributed by atoms with Crippen molar-refractivity contribution in [1.82, 2.24) is 14.8 Å². The molecule has 0 atom stereocenters. The molecule has 3 rings (SSSR count). The number of carbonyl (C=O) groups is 1. The van der Waals surface area contributed by atoms with E-state index in [1.54, 1.807) is 13.2 Å². The Bertz CT molecular complexity index is 950. The molecule has 0 saturated carbocycles. The van der Waals surface area contributed by atoms with Crippen LogP contribution >= 0.6 is 11.3 Å². The van der Waals surface area contributed by atoms with Crippen LogP contribution < -0.4 is 11.3 Å². The summed E-state index contributed by atoms with van der Waals surface area (Å²) in [4.78, 5) is 28.6. The van der Waals surface area contributed by atoms with Crippen LogP contribution in [0.1, 0.15) is 9.80 Å². The fourth-order valence-corrected chi connectivity index (χ4v) is 3.20. The zero-order valence-electron chi connectivity index (χ0n) is 13.5. The maximum absolute atomic E-state index is 11.9. The molecule has 8 heteroatoms. The first kappa shape index (κ1) is 17.0. The van der Waals surface area contributed by atoms with E-state index in [4.69, 9.17) is 10.5 Å². The van der Waals surface area contributed by atoms with Crippen LogP contribution in [0.5, 0.6) is 0 Å². The minimum absolute atomic E-state index is 0.199. The second kappa shape index (κ2) is 7.37. The lowest BCUT2D eigenvalue weighted by Crippen LogP contribution is -2.24. The summed E-state index contributed by atoms with van der Waals surface area (Å²) in [5.74, 6) is -0.596. The van der Waals surface area contributed by atoms with Crippen molar-refractivity contribution in [2.45, 2.75) is 6.54 Å². The predicted octanol–water partition coefficient (Wildman–Crippen LogP) is 1.78. The zero-order valence-corrected chi connectivity index (χ0v) is 14.3. The van der Waals surface area contributed by atoms with Gasteiger partial charge in [0.2, 0.25) is 0 Å². The quantitative estimate of drug-likeness (QED) is 0.726. The van der Waals surface area contributed by atoms with Crippen molar-refractivity contribution in [2.75, 3.05) is 13.7 Å². The molecule has 0 aliphatic carbocycles. The van der Waals surface area contributed by atoms with Crippen LogP contribution in [0.2, 0.25) is 0 Å². The summed E-state index contributed by atoms with van der Waals surface area (Å²) in [6.45, 7) is 0.711. The summed E-state index contributed by atoms with van der Waals surface area (Å²) < 4.78 is 6.33. The maximum atomic E-state index is 11.9. The SMILES string of the molecule is COCCn1nc(-c2sc(C(N)=O)nc2-c2ccccc2)ccc1=O. The number of primary amides is 1. The Morgan fingerprint density at radius 2 is 2.00 bits per heavy atom. The minimum atomic E-state index is -0.596. The normalized spacial score (nSPS) is 10.8. The molecule has 0 aliphatic rings. The van der Waals surface area contributed by atoms with E-state index in [2.05, 4.69) is 10.1 Å². The number of carbonyl (C=O) groups excluding carboxylic acids is 1. The number of methoxy groups -OCH3 is 1. The van der Waals surface area contributed by atoms with E-state index in [1.165, 1.54) is 10.7 Å². The first-order chi connectivity index (χ1) is 12.1. The second-order valence-corrected chi connectivity index (χ2v) is 6.20. The van der Waals surface area contributed by atoms with Gasteiger partial charge in [-0.1, -0.05) is 30.3 Å².